The zero-order valence-corrected chi connectivity index (χ0v) is 22.5. The molecule has 38 heavy (non-hydrogen) atoms. The average molecular weight is 591 g/mol. The molecule has 1 saturated heterocycles. The Balaban J connectivity index is 0.000000732. The lowest BCUT2D eigenvalue weighted by atomic mass is 9.95. The molecule has 2 atom stereocenters. The van der Waals surface area contributed by atoms with Gasteiger partial charge in [-0.15, -0.1) is 11.3 Å². The first-order chi connectivity index (χ1) is 17.9. The van der Waals surface area contributed by atoms with Crippen LogP contribution in [0.15, 0.2) is 46.0 Å². The van der Waals surface area contributed by atoms with Gasteiger partial charge in [0.2, 0.25) is 0 Å². The normalized spacial score (nSPS) is 20.1. The van der Waals surface area contributed by atoms with Crippen molar-refractivity contribution >= 4 is 50.8 Å². The second kappa shape index (κ2) is 12.7. The van der Waals surface area contributed by atoms with Gasteiger partial charge in [-0.3, -0.25) is 19.2 Å². The van der Waals surface area contributed by atoms with Gasteiger partial charge in [0, 0.05) is 40.9 Å². The largest absolute Gasteiger partial charge is 0.480 e. The Morgan fingerprint density at radius 2 is 2.11 bits per heavy atom. The molecule has 16 heteroatoms. The first-order valence-corrected chi connectivity index (χ1v) is 14.0. The molecule has 2 aromatic rings. The quantitative estimate of drug-likeness (QED) is 0.331. The maximum absolute atomic E-state index is 13.7. The molecule has 0 unspecified atom stereocenters. The van der Waals surface area contributed by atoms with Gasteiger partial charge in [0.25, 0.3) is 10.1 Å². The van der Waals surface area contributed by atoms with E-state index in [1.54, 1.807) is 16.5 Å². The Kier molecular flexibility index (Phi) is 9.92. The van der Waals surface area contributed by atoms with Crippen molar-refractivity contribution in [1.82, 2.24) is 15.2 Å². The minimum atomic E-state index is -3.67. The number of nitrogens with one attached hydrogen (secondary N) is 1. The molecule has 1 aromatic carbocycles. The van der Waals surface area contributed by atoms with Crippen LogP contribution in [0.4, 0.5) is 4.39 Å². The topological polar surface area (TPSA) is 168 Å². The van der Waals surface area contributed by atoms with Crippen molar-refractivity contribution in [2.45, 2.75) is 12.1 Å². The minimum Gasteiger partial charge on any atom is -0.480 e. The summed E-state index contributed by atoms with van der Waals surface area (Å²) >= 11 is 7.67. The van der Waals surface area contributed by atoms with Crippen molar-refractivity contribution in [3.63, 3.8) is 0 Å². The minimum absolute atomic E-state index is 0.0246. The van der Waals surface area contributed by atoms with E-state index in [2.05, 4.69) is 15.3 Å². The third kappa shape index (κ3) is 7.78. The zero-order chi connectivity index (χ0) is 28.0. The van der Waals surface area contributed by atoms with Crippen LogP contribution in [0.5, 0.6) is 0 Å². The molecule has 2 aliphatic heterocycles. The number of thiazole rings is 1. The molecule has 1 aromatic heterocycles. The van der Waals surface area contributed by atoms with E-state index < -0.39 is 40.0 Å². The summed E-state index contributed by atoms with van der Waals surface area (Å²) in [5.41, 5.74) is 0.964. The highest BCUT2D eigenvalue weighted by molar-refractivity contribution is 7.85. The summed E-state index contributed by atoms with van der Waals surface area (Å²) in [6.07, 6.45) is 2.33. The number of carboxylic acids is 1. The van der Waals surface area contributed by atoms with Gasteiger partial charge in [0.15, 0.2) is 10.8 Å². The maximum Gasteiger partial charge on any atom is 0.338 e. The van der Waals surface area contributed by atoms with E-state index in [-0.39, 0.29) is 23.7 Å². The second-order valence-electron chi connectivity index (χ2n) is 8.02. The number of aliphatic carboxylic acids is 1. The summed E-state index contributed by atoms with van der Waals surface area (Å²) < 4.78 is 49.9. The summed E-state index contributed by atoms with van der Waals surface area (Å²) in [5.74, 6) is -1.83. The van der Waals surface area contributed by atoms with Crippen LogP contribution in [0.1, 0.15) is 16.6 Å². The molecule has 206 valence electrons. The van der Waals surface area contributed by atoms with Gasteiger partial charge in [-0.25, -0.2) is 14.2 Å². The number of nitrogens with zero attached hydrogens (tertiary/aromatic N) is 3. The van der Waals surface area contributed by atoms with Crippen molar-refractivity contribution in [3.05, 3.63) is 62.5 Å². The van der Waals surface area contributed by atoms with E-state index in [9.17, 15) is 27.5 Å². The molecule has 0 saturated carbocycles. The molecule has 0 aliphatic carbocycles. The molecule has 3 N–H and O–H groups in total. The smallest absolute Gasteiger partial charge is 0.338 e. The summed E-state index contributed by atoms with van der Waals surface area (Å²) in [4.78, 5) is 35.3. The second-order valence-corrected chi connectivity index (χ2v) is 10.8. The third-order valence-electron chi connectivity index (χ3n) is 5.31. The molecular formula is C22H24ClFN4O8S2. The fraction of sp³-hybridized carbons (Fsp3) is 0.364. The van der Waals surface area contributed by atoms with E-state index in [4.69, 9.17) is 25.6 Å². The SMILES string of the molecule is COC(=O)C1=C(CN2CCOC[C@H]2C(=O)O)NC(c2nccs2)=N[C@H]1c1ccc(F)cc1Cl.CS(=O)(=O)O. The first kappa shape index (κ1) is 29.6. The van der Waals surface area contributed by atoms with Crippen LogP contribution in [0, 0.1) is 5.82 Å². The van der Waals surface area contributed by atoms with Gasteiger partial charge in [-0.05, 0) is 12.1 Å². The van der Waals surface area contributed by atoms with Crippen molar-refractivity contribution in [2.24, 2.45) is 4.99 Å². The number of methoxy groups -OCH3 is 1. The van der Waals surface area contributed by atoms with Gasteiger partial charge in [-0.2, -0.15) is 8.42 Å². The standard InChI is InChI=1S/C21H20ClFN4O5S.CH4O3S/c1-31-21(30)16-14(9-27-5-6-32-10-15(27)20(28)29)25-18(19-24-4-7-33-19)26-17(16)12-3-2-11(23)8-13(12)22;1-5(2,3)4/h2-4,7-8,15,17H,5-6,9-10H2,1H3,(H,25,26)(H,28,29);1H3,(H,2,3,4)/t15-,17-;/m0./s1. The van der Waals surface area contributed by atoms with E-state index in [1.807, 2.05) is 0 Å². The lowest BCUT2D eigenvalue weighted by molar-refractivity contribution is -0.149. The number of rotatable bonds is 6. The van der Waals surface area contributed by atoms with E-state index in [0.717, 1.165) is 6.07 Å². The number of aliphatic imine (C=N–C) groups is 1. The van der Waals surface area contributed by atoms with Crippen molar-refractivity contribution in [1.29, 1.82) is 0 Å². The molecular weight excluding hydrogens is 567 g/mol. The number of esters is 1. The summed E-state index contributed by atoms with van der Waals surface area (Å²) in [5, 5.41) is 15.2. The van der Waals surface area contributed by atoms with E-state index in [0.29, 0.717) is 41.5 Å². The number of benzene rings is 1. The van der Waals surface area contributed by atoms with Crippen LogP contribution in [0.3, 0.4) is 0 Å². The Morgan fingerprint density at radius 1 is 1.39 bits per heavy atom. The Morgan fingerprint density at radius 3 is 2.68 bits per heavy atom. The van der Waals surface area contributed by atoms with Crippen molar-refractivity contribution in [3.8, 4) is 0 Å². The number of aromatic nitrogens is 1. The number of hydrogen-bond donors (Lipinski definition) is 3. The monoisotopic (exact) mass is 590 g/mol. The van der Waals surface area contributed by atoms with E-state index >= 15 is 0 Å². The maximum atomic E-state index is 13.7. The lowest BCUT2D eigenvalue weighted by Gasteiger charge is -2.35. The lowest BCUT2D eigenvalue weighted by Crippen LogP contribution is -2.52. The van der Waals surface area contributed by atoms with Gasteiger partial charge < -0.3 is 19.9 Å². The van der Waals surface area contributed by atoms with Gasteiger partial charge in [0.1, 0.15) is 17.9 Å². The molecule has 0 amide bonds. The predicted molar refractivity (Wildman–Crippen MR) is 136 cm³/mol. The van der Waals surface area contributed by atoms with Crippen LogP contribution in [0.2, 0.25) is 5.02 Å². The Bertz CT molecular complexity index is 1340. The van der Waals surface area contributed by atoms with Crippen LogP contribution in [0.25, 0.3) is 0 Å². The highest BCUT2D eigenvalue weighted by Crippen LogP contribution is 2.37. The molecule has 2 aliphatic rings. The first-order valence-electron chi connectivity index (χ1n) is 10.9. The van der Waals surface area contributed by atoms with Crippen molar-refractivity contribution in [2.75, 3.05) is 39.7 Å². The number of carbonyl (C=O) groups excluding carboxylic acids is 1. The van der Waals surface area contributed by atoms with E-state index in [1.165, 1.54) is 30.6 Å². The number of morpholine rings is 1. The number of hydrogen-bond acceptors (Lipinski definition) is 11. The average Bonchev–Trinajstić information content (AvgIpc) is 3.37. The van der Waals surface area contributed by atoms with Gasteiger partial charge in [-0.1, -0.05) is 17.7 Å². The Labute approximate surface area is 226 Å². The Hall–Kier alpha value is -2.95. The third-order valence-corrected chi connectivity index (χ3v) is 6.42. The fourth-order valence-corrected chi connectivity index (χ4v) is 4.58. The molecule has 0 bridgehead atoms. The van der Waals surface area contributed by atoms with Crippen LogP contribution >= 0.6 is 22.9 Å². The molecule has 3 heterocycles. The molecule has 0 radical (unpaired) electrons. The van der Waals surface area contributed by atoms with Crippen molar-refractivity contribution < 1.29 is 41.5 Å². The number of ether oxygens (including phenoxy) is 2. The highest BCUT2D eigenvalue weighted by Gasteiger charge is 2.37. The summed E-state index contributed by atoms with van der Waals surface area (Å²) in [6, 6.07) is 2.05. The summed E-state index contributed by atoms with van der Waals surface area (Å²) in [6.45, 7) is 0.814. The van der Waals surface area contributed by atoms with Gasteiger partial charge in [0.05, 0.1) is 32.2 Å². The molecule has 1 fully saturated rings. The number of carboxylic acid groups (broad SMARTS) is 1. The van der Waals surface area contributed by atoms with Gasteiger partial charge >= 0.3 is 11.9 Å². The van der Waals surface area contributed by atoms with Crippen LogP contribution in [-0.4, -0.2) is 91.4 Å². The predicted octanol–water partition coefficient (Wildman–Crippen LogP) is 1.74. The number of halogens is 2. The summed E-state index contributed by atoms with van der Waals surface area (Å²) in [7, 11) is -2.43. The van der Waals surface area contributed by atoms with Crippen LogP contribution in [-0.2, 0) is 29.2 Å². The molecule has 0 spiro atoms. The fourth-order valence-electron chi connectivity index (χ4n) is 3.73. The van der Waals surface area contributed by atoms with Crippen LogP contribution < -0.4 is 5.32 Å². The zero-order valence-electron chi connectivity index (χ0n) is 20.1. The highest BCUT2D eigenvalue weighted by atomic mass is 35.5. The molecule has 12 nitrogen and oxygen atoms in total. The molecule has 4 rings (SSSR count). The number of carbonyl (C=O) groups is 2. The number of amidine groups is 1.